The first kappa shape index (κ1) is 18.7. The molecule has 0 atom stereocenters. The Morgan fingerprint density at radius 3 is 2.58 bits per heavy atom. The van der Waals surface area contributed by atoms with Crippen molar-refractivity contribution >= 4 is 5.96 Å². The van der Waals surface area contributed by atoms with Crippen molar-refractivity contribution in [1.29, 1.82) is 0 Å². The number of nitrogens with zero attached hydrogens (tertiary/aromatic N) is 5. The van der Waals surface area contributed by atoms with Crippen LogP contribution in [0.2, 0.25) is 0 Å². The predicted octanol–water partition coefficient (Wildman–Crippen LogP) is 0.339. The van der Waals surface area contributed by atoms with E-state index >= 15 is 0 Å². The molecule has 1 aromatic heterocycles. The van der Waals surface area contributed by atoms with Crippen molar-refractivity contribution < 1.29 is 0 Å². The quantitative estimate of drug-likeness (QED) is 0.600. The lowest BCUT2D eigenvalue weighted by molar-refractivity contribution is 0.280. The molecule has 0 radical (unpaired) electrons. The molecule has 2 heterocycles. The highest BCUT2D eigenvalue weighted by Crippen LogP contribution is 2.10. The maximum Gasteiger partial charge on any atom is 0.191 e. The molecule has 1 aromatic rings. The maximum atomic E-state index is 4.46. The molecule has 0 saturated carbocycles. The molecule has 0 bridgehead atoms. The number of rotatable bonds is 5. The van der Waals surface area contributed by atoms with Gasteiger partial charge in [0.2, 0.25) is 0 Å². The minimum absolute atomic E-state index is 0.750. The van der Waals surface area contributed by atoms with E-state index in [2.05, 4.69) is 51.4 Å². The Hall–Kier alpha value is -1.60. The highest BCUT2D eigenvalue weighted by Gasteiger charge is 2.12. The molecule has 1 fully saturated rings. The minimum Gasteiger partial charge on any atom is -0.355 e. The summed E-state index contributed by atoms with van der Waals surface area (Å²) in [5, 5.41) is 11.3. The SMILES string of the molecule is CN=C(NCCN1CCCN(C)CC1)NCc1c(C)nn(C)c1C. The second-order valence-electron chi connectivity index (χ2n) is 6.62. The summed E-state index contributed by atoms with van der Waals surface area (Å²) in [7, 11) is 6.01. The first-order valence-corrected chi connectivity index (χ1v) is 8.85. The van der Waals surface area contributed by atoms with Crippen LogP contribution in [0, 0.1) is 13.8 Å². The van der Waals surface area contributed by atoms with Gasteiger partial charge in [0, 0.05) is 58.1 Å². The van der Waals surface area contributed by atoms with Gasteiger partial charge in [-0.3, -0.25) is 9.67 Å². The summed E-state index contributed by atoms with van der Waals surface area (Å²) < 4.78 is 1.93. The van der Waals surface area contributed by atoms with Crippen molar-refractivity contribution in [2.75, 3.05) is 53.4 Å². The summed E-state index contributed by atoms with van der Waals surface area (Å²) in [4.78, 5) is 9.26. The van der Waals surface area contributed by atoms with Gasteiger partial charge in [0.1, 0.15) is 0 Å². The zero-order chi connectivity index (χ0) is 17.5. The first-order valence-electron chi connectivity index (χ1n) is 8.85. The molecular weight excluding hydrogens is 302 g/mol. The molecule has 7 heteroatoms. The van der Waals surface area contributed by atoms with Crippen LogP contribution in [-0.4, -0.2) is 78.9 Å². The summed E-state index contributed by atoms with van der Waals surface area (Å²) in [6.07, 6.45) is 1.25. The molecule has 1 aliphatic heterocycles. The molecule has 1 saturated heterocycles. The van der Waals surface area contributed by atoms with E-state index in [4.69, 9.17) is 0 Å². The Labute approximate surface area is 146 Å². The van der Waals surface area contributed by atoms with Crippen LogP contribution in [-0.2, 0) is 13.6 Å². The van der Waals surface area contributed by atoms with Crippen LogP contribution < -0.4 is 10.6 Å². The molecule has 24 heavy (non-hydrogen) atoms. The van der Waals surface area contributed by atoms with Crippen LogP contribution in [0.3, 0.4) is 0 Å². The van der Waals surface area contributed by atoms with Crippen molar-refractivity contribution in [3.63, 3.8) is 0 Å². The fourth-order valence-corrected chi connectivity index (χ4v) is 3.12. The summed E-state index contributed by atoms with van der Waals surface area (Å²) in [6.45, 7) is 11.6. The smallest absolute Gasteiger partial charge is 0.191 e. The zero-order valence-electron chi connectivity index (χ0n) is 15.9. The van der Waals surface area contributed by atoms with Gasteiger partial charge in [-0.2, -0.15) is 5.10 Å². The lowest BCUT2D eigenvalue weighted by atomic mass is 10.2. The fraction of sp³-hybridized carbons (Fsp3) is 0.765. The molecule has 2 rings (SSSR count). The lowest BCUT2D eigenvalue weighted by Crippen LogP contribution is -2.42. The van der Waals surface area contributed by atoms with Gasteiger partial charge in [0.25, 0.3) is 0 Å². The lowest BCUT2D eigenvalue weighted by Gasteiger charge is -2.21. The standard InChI is InChI=1S/C17H33N7/c1-14-16(15(2)23(5)21-14)13-20-17(18-3)19-7-10-24-9-6-8-22(4)11-12-24/h6-13H2,1-5H3,(H2,18,19,20). The third-order valence-electron chi connectivity index (χ3n) is 4.85. The van der Waals surface area contributed by atoms with Crippen LogP contribution in [0.4, 0.5) is 0 Å². The van der Waals surface area contributed by atoms with E-state index in [1.165, 1.54) is 30.8 Å². The highest BCUT2D eigenvalue weighted by molar-refractivity contribution is 5.79. The summed E-state index contributed by atoms with van der Waals surface area (Å²) in [5.74, 6) is 0.851. The van der Waals surface area contributed by atoms with Gasteiger partial charge in [0.15, 0.2) is 5.96 Å². The van der Waals surface area contributed by atoms with E-state index in [1.54, 1.807) is 0 Å². The second-order valence-corrected chi connectivity index (χ2v) is 6.62. The van der Waals surface area contributed by atoms with E-state index < -0.39 is 0 Å². The first-order chi connectivity index (χ1) is 11.5. The molecule has 0 unspecified atom stereocenters. The number of hydrogen-bond acceptors (Lipinski definition) is 4. The van der Waals surface area contributed by atoms with Gasteiger partial charge in [-0.05, 0) is 40.4 Å². The molecule has 0 amide bonds. The van der Waals surface area contributed by atoms with Crippen LogP contribution in [0.5, 0.6) is 0 Å². The Kier molecular flexibility index (Phi) is 7.05. The van der Waals surface area contributed by atoms with Gasteiger partial charge in [-0.15, -0.1) is 0 Å². The number of aromatic nitrogens is 2. The molecule has 1 aliphatic rings. The number of likely N-dealkylation sites (N-methyl/N-ethyl adjacent to an activating group) is 1. The fourth-order valence-electron chi connectivity index (χ4n) is 3.12. The largest absolute Gasteiger partial charge is 0.355 e. The van der Waals surface area contributed by atoms with Crippen LogP contribution in [0.1, 0.15) is 23.4 Å². The average Bonchev–Trinajstić information content (AvgIpc) is 2.70. The zero-order valence-corrected chi connectivity index (χ0v) is 15.9. The highest BCUT2D eigenvalue weighted by atomic mass is 15.3. The van der Waals surface area contributed by atoms with Crippen LogP contribution >= 0.6 is 0 Å². The Balaban J connectivity index is 1.74. The van der Waals surface area contributed by atoms with Gasteiger partial charge >= 0.3 is 0 Å². The third kappa shape index (κ3) is 5.21. The van der Waals surface area contributed by atoms with Crippen molar-refractivity contribution in [1.82, 2.24) is 30.2 Å². The van der Waals surface area contributed by atoms with Gasteiger partial charge in [-0.25, -0.2) is 0 Å². The summed E-state index contributed by atoms with van der Waals surface area (Å²) >= 11 is 0. The average molecular weight is 336 g/mol. The van der Waals surface area contributed by atoms with Gasteiger partial charge in [-0.1, -0.05) is 0 Å². The van der Waals surface area contributed by atoms with Crippen molar-refractivity contribution in [2.45, 2.75) is 26.8 Å². The summed E-state index contributed by atoms with van der Waals surface area (Å²) in [5.41, 5.74) is 3.52. The van der Waals surface area contributed by atoms with E-state index in [9.17, 15) is 0 Å². The van der Waals surface area contributed by atoms with Crippen molar-refractivity contribution in [3.05, 3.63) is 17.0 Å². The van der Waals surface area contributed by atoms with Gasteiger partial charge < -0.3 is 20.4 Å². The van der Waals surface area contributed by atoms with Gasteiger partial charge in [0.05, 0.1) is 5.69 Å². The molecule has 136 valence electrons. The molecule has 7 nitrogen and oxygen atoms in total. The molecular formula is C17H33N7. The topological polar surface area (TPSA) is 60.7 Å². The van der Waals surface area contributed by atoms with Crippen molar-refractivity contribution in [2.24, 2.45) is 12.0 Å². The second kappa shape index (κ2) is 9.03. The molecule has 2 N–H and O–H groups in total. The Bertz CT molecular complexity index is 549. The predicted molar refractivity (Wildman–Crippen MR) is 99.4 cm³/mol. The van der Waals surface area contributed by atoms with E-state index in [0.717, 1.165) is 44.4 Å². The normalized spacial score (nSPS) is 17.8. The summed E-state index contributed by atoms with van der Waals surface area (Å²) in [6, 6.07) is 0. The van der Waals surface area contributed by atoms with Crippen LogP contribution in [0.15, 0.2) is 4.99 Å². The molecule has 0 spiro atoms. The van der Waals surface area contributed by atoms with E-state index in [1.807, 2.05) is 18.8 Å². The molecule has 0 aliphatic carbocycles. The number of hydrogen-bond donors (Lipinski definition) is 2. The number of aryl methyl sites for hydroxylation is 2. The van der Waals surface area contributed by atoms with E-state index in [-0.39, 0.29) is 0 Å². The Morgan fingerprint density at radius 1 is 1.12 bits per heavy atom. The maximum absolute atomic E-state index is 4.46. The third-order valence-corrected chi connectivity index (χ3v) is 4.85. The number of guanidine groups is 1. The van der Waals surface area contributed by atoms with E-state index in [0.29, 0.717) is 0 Å². The Morgan fingerprint density at radius 2 is 1.92 bits per heavy atom. The van der Waals surface area contributed by atoms with Crippen LogP contribution in [0.25, 0.3) is 0 Å². The number of nitrogens with one attached hydrogen (secondary N) is 2. The number of aliphatic imine (C=N–C) groups is 1. The minimum atomic E-state index is 0.750. The van der Waals surface area contributed by atoms with Crippen molar-refractivity contribution in [3.8, 4) is 0 Å². The monoisotopic (exact) mass is 335 g/mol. The molecule has 0 aromatic carbocycles.